The van der Waals surface area contributed by atoms with Crippen LogP contribution in [0.2, 0.25) is 0 Å². The third kappa shape index (κ3) is 7.80. The molecule has 2 aromatic heterocycles. The Balaban J connectivity index is 1.20. The zero-order chi connectivity index (χ0) is 49.3. The topological polar surface area (TPSA) is 33.6 Å². The molecule has 0 bridgehead atoms. The van der Waals surface area contributed by atoms with Gasteiger partial charge in [0.2, 0.25) is 0 Å². The predicted molar refractivity (Wildman–Crippen MR) is 278 cm³/mol. The standard InChI is InChI=1S/C63H41F6N3/c64-62(65,66)49-29-47(30-50(37-49)63(67,68)69)48-35-60(71-56-25-21-43(39-13-5-1-6-14-39)31-51(56)52-32-44(22-26-57(52)71)40-15-7-2-8-16-40)55(38-70)61(36-48)72-58-27-23-45(41-17-9-3-10-18-41)33-53(58)54-34-46(24-28-59(54)72)42-19-11-4-12-20-42/h1-3,5-11,13-15,17-37,40H,4,12,16H2. The summed E-state index contributed by atoms with van der Waals surface area (Å²) in [5.74, 6) is 0.104. The van der Waals surface area contributed by atoms with Crippen LogP contribution in [0, 0.1) is 11.3 Å². The second kappa shape index (κ2) is 17.4. The van der Waals surface area contributed by atoms with Gasteiger partial charge in [0.15, 0.2) is 0 Å². The van der Waals surface area contributed by atoms with E-state index in [1.165, 1.54) is 0 Å². The molecule has 0 radical (unpaired) electrons. The van der Waals surface area contributed by atoms with Crippen molar-refractivity contribution in [2.75, 3.05) is 0 Å². The van der Waals surface area contributed by atoms with Crippen molar-refractivity contribution in [3.05, 3.63) is 234 Å². The molecular formula is C63H41F6N3. The number of alkyl halides is 6. The van der Waals surface area contributed by atoms with Gasteiger partial charge in [-0.1, -0.05) is 127 Å². The summed E-state index contributed by atoms with van der Waals surface area (Å²) in [6, 6.07) is 51.6. The lowest BCUT2D eigenvalue weighted by Gasteiger charge is -2.20. The first-order valence-electron chi connectivity index (χ1n) is 23.8. The third-order valence-electron chi connectivity index (χ3n) is 14.1. The Morgan fingerprint density at radius 1 is 0.458 bits per heavy atom. The number of halogens is 6. The molecule has 0 aliphatic heterocycles. The Labute approximate surface area is 410 Å². The van der Waals surface area contributed by atoms with Crippen LogP contribution in [0.25, 0.3) is 93.9 Å². The molecule has 0 saturated heterocycles. The summed E-state index contributed by atoms with van der Waals surface area (Å²) in [6.45, 7) is 0. The van der Waals surface area contributed by atoms with Gasteiger partial charge < -0.3 is 9.13 Å². The van der Waals surface area contributed by atoms with Gasteiger partial charge in [0.25, 0.3) is 0 Å². The third-order valence-corrected chi connectivity index (χ3v) is 14.1. The number of allylic oxidation sites excluding steroid dienone is 8. The minimum absolute atomic E-state index is 0.0623. The van der Waals surface area contributed by atoms with Crippen molar-refractivity contribution in [3.8, 4) is 50.8 Å². The number of nitriles is 1. The summed E-state index contributed by atoms with van der Waals surface area (Å²) in [4.78, 5) is 0. The van der Waals surface area contributed by atoms with Crippen molar-refractivity contribution in [1.82, 2.24) is 9.13 Å². The van der Waals surface area contributed by atoms with E-state index >= 15 is 0 Å². The fourth-order valence-corrected chi connectivity index (χ4v) is 10.6. The van der Waals surface area contributed by atoms with E-state index in [1.807, 2.05) is 124 Å². The van der Waals surface area contributed by atoms with E-state index in [9.17, 15) is 31.6 Å². The smallest absolute Gasteiger partial charge is 0.308 e. The van der Waals surface area contributed by atoms with E-state index in [0.29, 0.717) is 33.4 Å². The van der Waals surface area contributed by atoms with Crippen LogP contribution in [0.3, 0.4) is 0 Å². The molecule has 1 unspecified atom stereocenters. The summed E-state index contributed by atoms with van der Waals surface area (Å²) in [6.07, 6.45) is 7.22. The lowest BCUT2D eigenvalue weighted by Crippen LogP contribution is -2.11. The van der Waals surface area contributed by atoms with Crippen LogP contribution in [0.5, 0.6) is 0 Å². The van der Waals surface area contributed by atoms with Gasteiger partial charge in [-0.05, 0) is 148 Å². The van der Waals surface area contributed by atoms with Crippen molar-refractivity contribution in [3.63, 3.8) is 0 Å². The first-order chi connectivity index (χ1) is 34.9. The van der Waals surface area contributed by atoms with Gasteiger partial charge in [-0.3, -0.25) is 0 Å². The molecule has 0 fully saturated rings. The van der Waals surface area contributed by atoms with Crippen molar-refractivity contribution in [2.24, 2.45) is 0 Å². The summed E-state index contributed by atoms with van der Waals surface area (Å²) >= 11 is 0. The van der Waals surface area contributed by atoms with Gasteiger partial charge in [0.05, 0.1) is 44.6 Å². The van der Waals surface area contributed by atoms with Gasteiger partial charge in [-0.2, -0.15) is 31.6 Å². The lowest BCUT2D eigenvalue weighted by molar-refractivity contribution is -0.143. The number of benzene rings is 8. The molecule has 0 amide bonds. The maximum atomic E-state index is 14.7. The van der Waals surface area contributed by atoms with Crippen LogP contribution in [-0.2, 0) is 12.4 Å². The Hall–Kier alpha value is -8.61. The maximum absolute atomic E-state index is 14.7. The first-order valence-corrected chi connectivity index (χ1v) is 23.8. The zero-order valence-corrected chi connectivity index (χ0v) is 38.4. The molecule has 350 valence electrons. The van der Waals surface area contributed by atoms with Crippen molar-refractivity contribution in [1.29, 1.82) is 5.26 Å². The molecule has 2 heterocycles. The molecule has 12 rings (SSSR count). The van der Waals surface area contributed by atoms with Crippen LogP contribution < -0.4 is 0 Å². The number of nitrogens with zero attached hydrogens (tertiary/aromatic N) is 3. The van der Waals surface area contributed by atoms with Gasteiger partial charge in [0, 0.05) is 27.5 Å². The minimum Gasteiger partial charge on any atom is -0.308 e. The second-order valence-electron chi connectivity index (χ2n) is 18.5. The van der Waals surface area contributed by atoms with Crippen LogP contribution in [0.1, 0.15) is 53.0 Å². The number of fused-ring (bicyclic) bond motifs is 6. The highest BCUT2D eigenvalue weighted by atomic mass is 19.4. The van der Waals surface area contributed by atoms with Crippen LogP contribution in [-0.4, -0.2) is 9.13 Å². The molecular weight excluding hydrogens is 913 g/mol. The van der Waals surface area contributed by atoms with Gasteiger partial charge >= 0.3 is 12.4 Å². The second-order valence-corrected chi connectivity index (χ2v) is 18.5. The molecule has 0 spiro atoms. The molecule has 1 atom stereocenters. The highest BCUT2D eigenvalue weighted by Gasteiger charge is 2.37. The number of hydrogen-bond donors (Lipinski definition) is 0. The SMILES string of the molecule is N#Cc1c(-n2c3ccc(C4=CCCC=C4)cc3c3cc(-c4ccccc4)ccc32)cc(-c2cc(C(F)(F)F)cc(C(F)(F)F)c2)cc1-n1c2ccc(-c3ccccc3)cc2c2cc(C3C=CC=CC3)ccc21. The zero-order valence-electron chi connectivity index (χ0n) is 38.4. The Kier molecular flexibility index (Phi) is 10.7. The summed E-state index contributed by atoms with van der Waals surface area (Å²) in [5, 5.41) is 15.1. The lowest BCUT2D eigenvalue weighted by atomic mass is 9.91. The first kappa shape index (κ1) is 44.6. The largest absolute Gasteiger partial charge is 0.416 e. The highest BCUT2D eigenvalue weighted by molar-refractivity contribution is 6.13. The fraction of sp³-hybridized carbons (Fsp3) is 0.0952. The molecule has 2 aliphatic rings. The summed E-state index contributed by atoms with van der Waals surface area (Å²) in [5.41, 5.74) is 7.45. The number of aromatic nitrogens is 2. The Bertz CT molecular complexity index is 3950. The van der Waals surface area contributed by atoms with E-state index in [1.54, 1.807) is 12.1 Å². The molecule has 0 N–H and O–H groups in total. The van der Waals surface area contributed by atoms with Crippen molar-refractivity contribution >= 4 is 49.2 Å². The van der Waals surface area contributed by atoms with E-state index < -0.39 is 23.5 Å². The van der Waals surface area contributed by atoms with E-state index in [-0.39, 0.29) is 28.7 Å². The molecule has 10 aromatic rings. The van der Waals surface area contributed by atoms with Crippen LogP contribution in [0.4, 0.5) is 26.3 Å². The Morgan fingerprint density at radius 2 is 0.958 bits per heavy atom. The Morgan fingerprint density at radius 3 is 1.44 bits per heavy atom. The molecule has 9 heteroatoms. The number of hydrogen-bond acceptors (Lipinski definition) is 1. The van der Waals surface area contributed by atoms with Gasteiger partial charge in [-0.25, -0.2) is 0 Å². The van der Waals surface area contributed by atoms with Crippen molar-refractivity contribution < 1.29 is 26.3 Å². The average molecular weight is 954 g/mol. The highest BCUT2D eigenvalue weighted by Crippen LogP contribution is 2.45. The average Bonchev–Trinajstić information content (AvgIpc) is 3.92. The molecule has 72 heavy (non-hydrogen) atoms. The normalized spacial score (nSPS) is 15.0. The molecule has 0 saturated carbocycles. The monoisotopic (exact) mass is 953 g/mol. The van der Waals surface area contributed by atoms with Gasteiger partial charge in [-0.15, -0.1) is 0 Å². The van der Waals surface area contributed by atoms with E-state index in [2.05, 4.69) is 66.8 Å². The summed E-state index contributed by atoms with van der Waals surface area (Å²) < 4.78 is 92.0. The quantitative estimate of drug-likeness (QED) is 0.147. The van der Waals surface area contributed by atoms with Crippen LogP contribution >= 0.6 is 0 Å². The maximum Gasteiger partial charge on any atom is 0.416 e. The molecule has 2 aliphatic carbocycles. The molecule has 3 nitrogen and oxygen atoms in total. The summed E-state index contributed by atoms with van der Waals surface area (Å²) in [7, 11) is 0. The minimum atomic E-state index is -5.09. The van der Waals surface area contributed by atoms with Gasteiger partial charge in [0.1, 0.15) is 11.6 Å². The number of rotatable bonds is 7. The predicted octanol–water partition coefficient (Wildman–Crippen LogP) is 18.1. The van der Waals surface area contributed by atoms with Crippen molar-refractivity contribution in [2.45, 2.75) is 37.5 Å². The van der Waals surface area contributed by atoms with Crippen LogP contribution in [0.15, 0.2) is 206 Å². The van der Waals surface area contributed by atoms with E-state index in [0.717, 1.165) is 91.9 Å². The van der Waals surface area contributed by atoms with E-state index in [4.69, 9.17) is 0 Å². The molecule has 8 aromatic carbocycles. The fourth-order valence-electron chi connectivity index (χ4n) is 10.6.